The lowest BCUT2D eigenvalue weighted by Gasteiger charge is -2.33. The molecule has 1 aromatic carbocycles. The highest BCUT2D eigenvalue weighted by Gasteiger charge is 2.26. The number of aryl methyl sites for hydroxylation is 1. The first kappa shape index (κ1) is 25.5. The van der Waals surface area contributed by atoms with Crippen LogP contribution in [0.5, 0.6) is 11.5 Å². The van der Waals surface area contributed by atoms with Gasteiger partial charge in [-0.15, -0.1) is 0 Å². The summed E-state index contributed by atoms with van der Waals surface area (Å²) in [6, 6.07) is 5.54. The van der Waals surface area contributed by atoms with Gasteiger partial charge in [-0.05, 0) is 89.5 Å². The lowest BCUT2D eigenvalue weighted by molar-refractivity contribution is -0.216. The number of ether oxygens (including phenoxy) is 3. The molecule has 0 aliphatic carbocycles. The molecule has 1 N–H and O–H groups in total. The van der Waals surface area contributed by atoms with Crippen LogP contribution in [0.15, 0.2) is 41.5 Å². The van der Waals surface area contributed by atoms with Crippen LogP contribution in [-0.2, 0) is 15.9 Å². The number of unbranched alkanes of at least 4 members (excludes halogenated alkanes) is 2. The molecule has 0 spiro atoms. The van der Waals surface area contributed by atoms with E-state index in [1.165, 1.54) is 36.8 Å². The van der Waals surface area contributed by atoms with Gasteiger partial charge in [0.1, 0.15) is 0 Å². The molecule has 31 heavy (non-hydrogen) atoms. The second-order valence-electron chi connectivity index (χ2n) is 8.91. The minimum atomic E-state index is -0.266. The van der Waals surface area contributed by atoms with E-state index in [0.29, 0.717) is 5.75 Å². The van der Waals surface area contributed by atoms with Crippen molar-refractivity contribution in [1.29, 1.82) is 0 Å². The molecule has 1 fully saturated rings. The quantitative estimate of drug-likeness (QED) is 0.284. The standard InChI is InChI=1S/C27H42O4/c1-6-7-8-10-20(2)11-9-12-21(3)17-27-30-22(4)18-24(31-27)15-13-23-14-16-25(28)26(19-23)29-5/h11,14,16-17,19,22,24,27-28H,6-10,12-13,15,18H2,1-5H3/b20-11+,21-17-/t22-,24-,27-/m1/s1. The third-order valence-corrected chi connectivity index (χ3v) is 5.91. The minimum Gasteiger partial charge on any atom is -0.504 e. The second kappa shape index (κ2) is 13.6. The van der Waals surface area contributed by atoms with Gasteiger partial charge < -0.3 is 19.3 Å². The Balaban J connectivity index is 1.82. The SMILES string of the molecule is CCCCC/C(C)=C/CC/C(C)=C\[C@H]1O[C@H](CCc2ccc(O)c(OC)c2)C[C@@H](C)O1. The van der Waals surface area contributed by atoms with Gasteiger partial charge in [-0.3, -0.25) is 0 Å². The molecule has 174 valence electrons. The third-order valence-electron chi connectivity index (χ3n) is 5.91. The fraction of sp³-hybridized carbons (Fsp3) is 0.630. The van der Waals surface area contributed by atoms with Crippen molar-refractivity contribution in [1.82, 2.24) is 0 Å². The van der Waals surface area contributed by atoms with Gasteiger partial charge in [0, 0.05) is 0 Å². The van der Waals surface area contributed by atoms with Gasteiger partial charge in [-0.25, -0.2) is 0 Å². The number of aromatic hydroxyl groups is 1. The van der Waals surface area contributed by atoms with E-state index in [-0.39, 0.29) is 24.2 Å². The van der Waals surface area contributed by atoms with Gasteiger partial charge in [0.25, 0.3) is 0 Å². The van der Waals surface area contributed by atoms with Crippen LogP contribution in [0.25, 0.3) is 0 Å². The number of hydrogen-bond acceptors (Lipinski definition) is 4. The van der Waals surface area contributed by atoms with Crippen molar-refractivity contribution in [3.8, 4) is 11.5 Å². The molecule has 4 heteroatoms. The average molecular weight is 431 g/mol. The van der Waals surface area contributed by atoms with E-state index < -0.39 is 0 Å². The predicted octanol–water partition coefficient (Wildman–Crippen LogP) is 7.11. The smallest absolute Gasteiger partial charge is 0.177 e. The Kier molecular flexibility index (Phi) is 11.2. The molecule has 0 amide bonds. The van der Waals surface area contributed by atoms with Crippen LogP contribution < -0.4 is 4.74 Å². The van der Waals surface area contributed by atoms with Gasteiger partial charge >= 0.3 is 0 Å². The van der Waals surface area contributed by atoms with Gasteiger partial charge in [0.15, 0.2) is 17.8 Å². The summed E-state index contributed by atoms with van der Waals surface area (Å²) in [7, 11) is 1.57. The molecule has 0 radical (unpaired) electrons. The molecule has 0 saturated carbocycles. The summed E-state index contributed by atoms with van der Waals surface area (Å²) >= 11 is 0. The second-order valence-corrected chi connectivity index (χ2v) is 8.91. The van der Waals surface area contributed by atoms with Crippen molar-refractivity contribution in [2.75, 3.05) is 7.11 Å². The summed E-state index contributed by atoms with van der Waals surface area (Å²) in [6.45, 7) is 8.79. The molecule has 4 nitrogen and oxygen atoms in total. The lowest BCUT2D eigenvalue weighted by atomic mass is 10.0. The number of phenolic OH excluding ortho intramolecular Hbond substituents is 1. The largest absolute Gasteiger partial charge is 0.504 e. The number of hydrogen-bond donors (Lipinski definition) is 1. The van der Waals surface area contributed by atoms with E-state index in [1.807, 2.05) is 12.1 Å². The van der Waals surface area contributed by atoms with Crippen LogP contribution >= 0.6 is 0 Å². The summed E-state index contributed by atoms with van der Waals surface area (Å²) in [5, 5.41) is 9.77. The highest BCUT2D eigenvalue weighted by atomic mass is 16.7. The van der Waals surface area contributed by atoms with Crippen LogP contribution in [0.2, 0.25) is 0 Å². The van der Waals surface area contributed by atoms with E-state index in [2.05, 4.69) is 39.8 Å². The number of phenols is 1. The first-order chi connectivity index (χ1) is 14.9. The van der Waals surface area contributed by atoms with Crippen molar-refractivity contribution in [3.63, 3.8) is 0 Å². The summed E-state index contributed by atoms with van der Waals surface area (Å²) < 4.78 is 17.5. The first-order valence-corrected chi connectivity index (χ1v) is 11.9. The summed E-state index contributed by atoms with van der Waals surface area (Å²) in [5.41, 5.74) is 3.96. The summed E-state index contributed by atoms with van der Waals surface area (Å²) in [5.74, 6) is 0.693. The highest BCUT2D eigenvalue weighted by Crippen LogP contribution is 2.28. The van der Waals surface area contributed by atoms with Crippen molar-refractivity contribution < 1.29 is 19.3 Å². The number of allylic oxidation sites excluding steroid dienone is 3. The van der Waals surface area contributed by atoms with Crippen LogP contribution in [-0.4, -0.2) is 30.7 Å². The van der Waals surface area contributed by atoms with E-state index in [9.17, 15) is 5.11 Å². The third kappa shape index (κ3) is 9.49. The maximum atomic E-state index is 9.77. The molecule has 1 aliphatic rings. The molecular formula is C27H42O4. The van der Waals surface area contributed by atoms with Crippen molar-refractivity contribution in [2.24, 2.45) is 0 Å². The lowest BCUT2D eigenvalue weighted by Crippen LogP contribution is -2.36. The van der Waals surface area contributed by atoms with Crippen molar-refractivity contribution in [2.45, 2.75) is 104 Å². The van der Waals surface area contributed by atoms with Gasteiger partial charge in [-0.2, -0.15) is 0 Å². The molecule has 1 saturated heterocycles. The van der Waals surface area contributed by atoms with E-state index in [0.717, 1.165) is 37.7 Å². The zero-order valence-electron chi connectivity index (χ0n) is 20.2. The fourth-order valence-corrected chi connectivity index (χ4v) is 4.02. The Morgan fingerprint density at radius 3 is 2.71 bits per heavy atom. The maximum Gasteiger partial charge on any atom is 0.177 e. The molecule has 3 atom stereocenters. The van der Waals surface area contributed by atoms with Crippen LogP contribution in [0.3, 0.4) is 0 Å². The van der Waals surface area contributed by atoms with E-state index >= 15 is 0 Å². The Bertz CT molecular complexity index is 722. The number of rotatable bonds is 12. The number of benzene rings is 1. The summed E-state index contributed by atoms with van der Waals surface area (Å²) in [6.07, 6.45) is 14.5. The summed E-state index contributed by atoms with van der Waals surface area (Å²) in [4.78, 5) is 0. The number of methoxy groups -OCH3 is 1. The zero-order valence-corrected chi connectivity index (χ0v) is 20.2. The minimum absolute atomic E-state index is 0.165. The maximum absolute atomic E-state index is 9.77. The first-order valence-electron chi connectivity index (χ1n) is 11.9. The van der Waals surface area contributed by atoms with Crippen molar-refractivity contribution >= 4 is 0 Å². The molecule has 1 aromatic rings. The van der Waals surface area contributed by atoms with Crippen LogP contribution in [0.4, 0.5) is 0 Å². The molecule has 0 bridgehead atoms. The average Bonchev–Trinajstić information content (AvgIpc) is 2.73. The fourth-order valence-electron chi connectivity index (χ4n) is 4.02. The Morgan fingerprint density at radius 1 is 1.16 bits per heavy atom. The molecule has 1 heterocycles. The Hall–Kier alpha value is -1.78. The van der Waals surface area contributed by atoms with E-state index in [4.69, 9.17) is 14.2 Å². The molecular weight excluding hydrogens is 388 g/mol. The van der Waals surface area contributed by atoms with Crippen LogP contribution in [0.1, 0.15) is 84.6 Å². The molecule has 2 rings (SSSR count). The van der Waals surface area contributed by atoms with Crippen molar-refractivity contribution in [3.05, 3.63) is 47.1 Å². The highest BCUT2D eigenvalue weighted by molar-refractivity contribution is 5.41. The van der Waals surface area contributed by atoms with Gasteiger partial charge in [0.05, 0.1) is 19.3 Å². The topological polar surface area (TPSA) is 47.9 Å². The molecule has 0 unspecified atom stereocenters. The Morgan fingerprint density at radius 2 is 1.97 bits per heavy atom. The Labute approximate surface area is 189 Å². The zero-order chi connectivity index (χ0) is 22.6. The van der Waals surface area contributed by atoms with Gasteiger partial charge in [0.2, 0.25) is 0 Å². The predicted molar refractivity (Wildman–Crippen MR) is 128 cm³/mol. The molecule has 0 aromatic heterocycles. The van der Waals surface area contributed by atoms with Gasteiger partial charge in [-0.1, -0.05) is 43.1 Å². The van der Waals surface area contributed by atoms with Crippen LogP contribution in [0, 0.1) is 0 Å². The molecule has 1 aliphatic heterocycles. The van der Waals surface area contributed by atoms with E-state index in [1.54, 1.807) is 13.2 Å². The normalized spacial score (nSPS) is 22.5. The monoisotopic (exact) mass is 430 g/mol.